The number of hydrogen-bond donors (Lipinski definition) is 1. The number of rotatable bonds is 3. The van der Waals surface area contributed by atoms with E-state index in [1.54, 1.807) is 0 Å². The molecule has 15 heavy (non-hydrogen) atoms. The van der Waals surface area contributed by atoms with Gasteiger partial charge in [0, 0.05) is 30.8 Å². The fourth-order valence-electron chi connectivity index (χ4n) is 1.70. The first kappa shape index (κ1) is 9.99. The Hall–Kier alpha value is -1.54. The van der Waals surface area contributed by atoms with Gasteiger partial charge < -0.3 is 9.67 Å². The molecular weight excluding hydrogens is 186 g/mol. The van der Waals surface area contributed by atoms with Gasteiger partial charge in [0.1, 0.15) is 0 Å². The molecular formula is C13H15NO. The summed E-state index contributed by atoms with van der Waals surface area (Å²) in [6, 6.07) is 8.48. The quantitative estimate of drug-likeness (QED) is 0.811. The van der Waals surface area contributed by atoms with Crippen molar-refractivity contribution in [2.75, 3.05) is 6.61 Å². The standard InChI is InChI=1S/C13H15NO/c1-14-8-7-12-10-11(4-2-3-9-15)5-6-13(12)14/h2,4-8,10,15H,3,9H2,1H3. The average molecular weight is 201 g/mol. The summed E-state index contributed by atoms with van der Waals surface area (Å²) >= 11 is 0. The molecule has 78 valence electrons. The van der Waals surface area contributed by atoms with Crippen molar-refractivity contribution < 1.29 is 5.11 Å². The van der Waals surface area contributed by atoms with E-state index in [0.29, 0.717) is 6.42 Å². The van der Waals surface area contributed by atoms with Gasteiger partial charge in [0.2, 0.25) is 0 Å². The minimum absolute atomic E-state index is 0.212. The highest BCUT2D eigenvalue weighted by atomic mass is 16.2. The molecule has 2 rings (SSSR count). The van der Waals surface area contributed by atoms with Crippen molar-refractivity contribution in [2.24, 2.45) is 7.05 Å². The molecule has 0 radical (unpaired) electrons. The van der Waals surface area contributed by atoms with E-state index in [4.69, 9.17) is 5.11 Å². The van der Waals surface area contributed by atoms with Gasteiger partial charge >= 0.3 is 0 Å². The minimum atomic E-state index is 0.212. The molecule has 0 spiro atoms. The molecule has 0 aliphatic rings. The first-order chi connectivity index (χ1) is 7.31. The van der Waals surface area contributed by atoms with Crippen molar-refractivity contribution in [1.29, 1.82) is 0 Å². The van der Waals surface area contributed by atoms with Crippen LogP contribution in [-0.4, -0.2) is 16.3 Å². The molecule has 0 saturated heterocycles. The van der Waals surface area contributed by atoms with Crippen LogP contribution in [0.5, 0.6) is 0 Å². The number of aliphatic hydroxyl groups excluding tert-OH is 1. The van der Waals surface area contributed by atoms with Crippen LogP contribution in [-0.2, 0) is 7.05 Å². The molecule has 0 aliphatic heterocycles. The third-order valence-electron chi connectivity index (χ3n) is 2.52. The lowest BCUT2D eigenvalue weighted by molar-refractivity contribution is 0.303. The Kier molecular flexibility index (Phi) is 2.88. The van der Waals surface area contributed by atoms with Gasteiger partial charge in [-0.2, -0.15) is 0 Å². The van der Waals surface area contributed by atoms with Gasteiger partial charge in [0.05, 0.1) is 0 Å². The summed E-state index contributed by atoms with van der Waals surface area (Å²) < 4.78 is 2.11. The maximum Gasteiger partial charge on any atom is 0.0478 e. The Labute approximate surface area is 89.5 Å². The molecule has 1 aromatic heterocycles. The lowest BCUT2D eigenvalue weighted by Crippen LogP contribution is -1.83. The van der Waals surface area contributed by atoms with Crippen LogP contribution in [0.4, 0.5) is 0 Å². The third-order valence-corrected chi connectivity index (χ3v) is 2.52. The topological polar surface area (TPSA) is 25.2 Å². The number of aromatic nitrogens is 1. The second kappa shape index (κ2) is 4.32. The predicted molar refractivity (Wildman–Crippen MR) is 63.7 cm³/mol. The van der Waals surface area contributed by atoms with Crippen LogP contribution < -0.4 is 0 Å². The maximum absolute atomic E-state index is 8.66. The zero-order valence-corrected chi connectivity index (χ0v) is 8.85. The molecule has 0 unspecified atom stereocenters. The Morgan fingerprint density at radius 2 is 2.20 bits per heavy atom. The van der Waals surface area contributed by atoms with Gasteiger partial charge in [0.25, 0.3) is 0 Å². The number of fused-ring (bicyclic) bond motifs is 1. The van der Waals surface area contributed by atoms with Gasteiger partial charge in [-0.1, -0.05) is 18.2 Å². The minimum Gasteiger partial charge on any atom is -0.396 e. The van der Waals surface area contributed by atoms with Crippen molar-refractivity contribution in [3.63, 3.8) is 0 Å². The van der Waals surface area contributed by atoms with Crippen molar-refractivity contribution in [3.8, 4) is 0 Å². The summed E-state index contributed by atoms with van der Waals surface area (Å²) in [5.41, 5.74) is 2.43. The number of hydrogen-bond acceptors (Lipinski definition) is 1. The lowest BCUT2D eigenvalue weighted by Gasteiger charge is -1.97. The van der Waals surface area contributed by atoms with Gasteiger partial charge in [-0.3, -0.25) is 0 Å². The first-order valence-corrected chi connectivity index (χ1v) is 5.14. The highest BCUT2D eigenvalue weighted by molar-refractivity contribution is 5.82. The molecule has 1 heterocycles. The highest BCUT2D eigenvalue weighted by Gasteiger charge is 1.96. The van der Waals surface area contributed by atoms with E-state index in [2.05, 4.69) is 35.0 Å². The van der Waals surface area contributed by atoms with Crippen molar-refractivity contribution >= 4 is 17.0 Å². The molecule has 0 fully saturated rings. The SMILES string of the molecule is Cn1ccc2cc(C=CCCO)ccc21. The molecule has 0 saturated carbocycles. The van der Waals surface area contributed by atoms with Crippen LogP contribution in [0.1, 0.15) is 12.0 Å². The number of aryl methyl sites for hydroxylation is 1. The summed E-state index contributed by atoms with van der Waals surface area (Å²) in [4.78, 5) is 0. The molecule has 1 N–H and O–H groups in total. The van der Waals surface area contributed by atoms with Crippen molar-refractivity contribution in [2.45, 2.75) is 6.42 Å². The summed E-state index contributed by atoms with van der Waals surface area (Å²) in [6.45, 7) is 0.212. The molecule has 2 aromatic rings. The van der Waals surface area contributed by atoms with E-state index in [9.17, 15) is 0 Å². The molecule has 0 amide bonds. The van der Waals surface area contributed by atoms with Crippen LogP contribution in [0.3, 0.4) is 0 Å². The van der Waals surface area contributed by atoms with Crippen molar-refractivity contribution in [3.05, 3.63) is 42.1 Å². The Morgan fingerprint density at radius 1 is 1.33 bits per heavy atom. The molecule has 0 aliphatic carbocycles. The molecule has 2 nitrogen and oxygen atoms in total. The number of aliphatic hydroxyl groups is 1. The van der Waals surface area contributed by atoms with Crippen LogP contribution in [0, 0.1) is 0 Å². The summed E-state index contributed by atoms with van der Waals surface area (Å²) in [6.07, 6.45) is 6.81. The van der Waals surface area contributed by atoms with Crippen LogP contribution in [0.15, 0.2) is 36.5 Å². The first-order valence-electron chi connectivity index (χ1n) is 5.14. The van der Waals surface area contributed by atoms with E-state index in [1.807, 2.05) is 19.2 Å². The Morgan fingerprint density at radius 3 is 3.00 bits per heavy atom. The molecule has 2 heteroatoms. The predicted octanol–water partition coefficient (Wildman–Crippen LogP) is 2.57. The molecule has 0 bridgehead atoms. The second-order valence-corrected chi connectivity index (χ2v) is 3.66. The zero-order valence-electron chi connectivity index (χ0n) is 8.85. The smallest absolute Gasteiger partial charge is 0.0478 e. The van der Waals surface area contributed by atoms with Gasteiger partial charge in [-0.15, -0.1) is 0 Å². The summed E-state index contributed by atoms with van der Waals surface area (Å²) in [7, 11) is 2.05. The maximum atomic E-state index is 8.66. The van der Waals surface area contributed by atoms with Gasteiger partial charge in [0.15, 0.2) is 0 Å². The highest BCUT2D eigenvalue weighted by Crippen LogP contribution is 2.17. The second-order valence-electron chi connectivity index (χ2n) is 3.66. The van der Waals surface area contributed by atoms with Crippen LogP contribution in [0.25, 0.3) is 17.0 Å². The van der Waals surface area contributed by atoms with E-state index in [0.717, 1.165) is 0 Å². The summed E-state index contributed by atoms with van der Waals surface area (Å²) in [5.74, 6) is 0. The van der Waals surface area contributed by atoms with E-state index >= 15 is 0 Å². The number of benzene rings is 1. The fourth-order valence-corrected chi connectivity index (χ4v) is 1.70. The van der Waals surface area contributed by atoms with Crippen LogP contribution in [0.2, 0.25) is 0 Å². The van der Waals surface area contributed by atoms with Gasteiger partial charge in [-0.05, 0) is 30.2 Å². The molecule has 0 atom stereocenters. The van der Waals surface area contributed by atoms with Crippen LogP contribution >= 0.6 is 0 Å². The monoisotopic (exact) mass is 201 g/mol. The third kappa shape index (κ3) is 2.10. The summed E-state index contributed by atoms with van der Waals surface area (Å²) in [5, 5.41) is 9.92. The van der Waals surface area contributed by atoms with E-state index < -0.39 is 0 Å². The largest absolute Gasteiger partial charge is 0.396 e. The van der Waals surface area contributed by atoms with Crippen molar-refractivity contribution in [1.82, 2.24) is 4.57 Å². The zero-order chi connectivity index (χ0) is 10.7. The Bertz CT molecular complexity index is 482. The molecule has 1 aromatic carbocycles. The normalized spacial score (nSPS) is 11.6. The fraction of sp³-hybridized carbons (Fsp3) is 0.231. The lowest BCUT2D eigenvalue weighted by atomic mass is 10.1. The van der Waals surface area contributed by atoms with E-state index in [-0.39, 0.29) is 6.61 Å². The van der Waals surface area contributed by atoms with Gasteiger partial charge in [-0.25, -0.2) is 0 Å². The van der Waals surface area contributed by atoms with E-state index in [1.165, 1.54) is 16.5 Å². The number of nitrogens with zero attached hydrogens (tertiary/aromatic N) is 1. The average Bonchev–Trinajstić information content (AvgIpc) is 2.61. The Balaban J connectivity index is 2.31.